The zero-order chi connectivity index (χ0) is 14.2. The van der Waals surface area contributed by atoms with Crippen molar-refractivity contribution < 1.29 is 9.31 Å². The lowest BCUT2D eigenvalue weighted by atomic mass is 9.37. The highest BCUT2D eigenvalue weighted by molar-refractivity contribution is 6.45. The van der Waals surface area contributed by atoms with Crippen molar-refractivity contribution in [2.45, 2.75) is 90.2 Å². The van der Waals surface area contributed by atoms with E-state index >= 15 is 0 Å². The van der Waals surface area contributed by atoms with E-state index in [0.717, 1.165) is 23.1 Å². The zero-order valence-electron chi connectivity index (χ0n) is 13.6. The Kier molecular flexibility index (Phi) is 2.62. The SMILES string of the molecule is CC1(C)OB(CC2CC3(C2)CC2(CCC2)C3)OC1(C)C. The first-order valence-electron chi connectivity index (χ1n) is 8.59. The summed E-state index contributed by atoms with van der Waals surface area (Å²) in [5.41, 5.74) is 1.27. The number of hydrogen-bond donors (Lipinski definition) is 0. The molecule has 3 aliphatic carbocycles. The standard InChI is InChI=1S/C17H29BO2/c1-14(2)15(3,4)20-18(19-14)10-13-8-17(9-13)11-16(12-17)6-5-7-16/h13H,5-12H2,1-4H3. The Labute approximate surface area is 124 Å². The third-order valence-corrected chi connectivity index (χ3v) is 7.19. The molecule has 4 aliphatic rings. The van der Waals surface area contributed by atoms with Gasteiger partial charge in [-0.15, -0.1) is 0 Å². The third kappa shape index (κ3) is 1.85. The number of rotatable bonds is 2. The lowest BCUT2D eigenvalue weighted by Gasteiger charge is -2.67. The molecule has 0 aromatic heterocycles. The van der Waals surface area contributed by atoms with Gasteiger partial charge in [0.2, 0.25) is 0 Å². The summed E-state index contributed by atoms with van der Waals surface area (Å²) in [6, 6.07) is 0. The van der Waals surface area contributed by atoms with Crippen molar-refractivity contribution >= 4 is 7.12 Å². The van der Waals surface area contributed by atoms with Crippen molar-refractivity contribution in [1.82, 2.24) is 0 Å². The van der Waals surface area contributed by atoms with Gasteiger partial charge in [0.15, 0.2) is 0 Å². The van der Waals surface area contributed by atoms with Gasteiger partial charge in [-0.25, -0.2) is 0 Å². The van der Waals surface area contributed by atoms with E-state index in [4.69, 9.17) is 9.31 Å². The molecule has 3 heteroatoms. The first-order chi connectivity index (χ1) is 9.24. The van der Waals surface area contributed by atoms with Gasteiger partial charge in [0.1, 0.15) is 0 Å². The van der Waals surface area contributed by atoms with E-state index in [-0.39, 0.29) is 18.3 Å². The molecule has 0 unspecified atom stereocenters. The predicted molar refractivity (Wildman–Crippen MR) is 81.6 cm³/mol. The molecule has 0 aromatic rings. The molecule has 0 aromatic carbocycles. The molecule has 112 valence electrons. The van der Waals surface area contributed by atoms with Crippen molar-refractivity contribution in [1.29, 1.82) is 0 Å². The lowest BCUT2D eigenvalue weighted by Crippen LogP contribution is -2.56. The monoisotopic (exact) mass is 276 g/mol. The quantitative estimate of drug-likeness (QED) is 0.694. The molecular weight excluding hydrogens is 247 g/mol. The van der Waals surface area contributed by atoms with Gasteiger partial charge in [0.25, 0.3) is 0 Å². The van der Waals surface area contributed by atoms with Crippen molar-refractivity contribution in [3.63, 3.8) is 0 Å². The van der Waals surface area contributed by atoms with Gasteiger partial charge in [0, 0.05) is 0 Å². The summed E-state index contributed by atoms with van der Waals surface area (Å²) in [5.74, 6) is 0.849. The maximum Gasteiger partial charge on any atom is 0.458 e. The van der Waals surface area contributed by atoms with Crippen LogP contribution in [0.2, 0.25) is 6.32 Å². The molecule has 0 radical (unpaired) electrons. The Morgan fingerprint density at radius 3 is 1.90 bits per heavy atom. The minimum Gasteiger partial charge on any atom is -0.403 e. The molecule has 1 aliphatic heterocycles. The Balaban J connectivity index is 1.27. The van der Waals surface area contributed by atoms with Gasteiger partial charge in [-0.3, -0.25) is 0 Å². The summed E-state index contributed by atoms with van der Waals surface area (Å²) in [4.78, 5) is 0. The molecular formula is C17H29BO2. The van der Waals surface area contributed by atoms with Crippen molar-refractivity contribution in [2.24, 2.45) is 16.7 Å². The topological polar surface area (TPSA) is 18.5 Å². The fraction of sp³-hybridized carbons (Fsp3) is 1.00. The summed E-state index contributed by atoms with van der Waals surface area (Å²) in [6.07, 6.45) is 11.6. The normalized spacial score (nSPS) is 35.7. The second-order valence-electron chi connectivity index (χ2n) is 9.40. The third-order valence-electron chi connectivity index (χ3n) is 7.19. The second-order valence-corrected chi connectivity index (χ2v) is 9.40. The Morgan fingerprint density at radius 1 is 0.900 bits per heavy atom. The van der Waals surface area contributed by atoms with Crippen LogP contribution in [-0.4, -0.2) is 18.3 Å². The molecule has 3 saturated carbocycles. The average molecular weight is 276 g/mol. The minimum atomic E-state index is -0.161. The van der Waals surface area contributed by atoms with Crippen LogP contribution in [0.3, 0.4) is 0 Å². The van der Waals surface area contributed by atoms with Crippen LogP contribution in [0.15, 0.2) is 0 Å². The molecule has 0 atom stereocenters. The van der Waals surface area contributed by atoms with Crippen molar-refractivity contribution in [3.05, 3.63) is 0 Å². The van der Waals surface area contributed by atoms with Crippen LogP contribution in [0.25, 0.3) is 0 Å². The number of hydrogen-bond acceptors (Lipinski definition) is 2. The van der Waals surface area contributed by atoms with Gasteiger partial charge in [0.05, 0.1) is 11.2 Å². The first kappa shape index (κ1) is 13.6. The highest BCUT2D eigenvalue weighted by atomic mass is 16.7. The van der Waals surface area contributed by atoms with Gasteiger partial charge in [-0.05, 0) is 89.3 Å². The molecule has 2 spiro atoms. The molecule has 0 amide bonds. The van der Waals surface area contributed by atoms with Gasteiger partial charge in [-0.2, -0.15) is 0 Å². The molecule has 1 heterocycles. The largest absolute Gasteiger partial charge is 0.458 e. The maximum atomic E-state index is 6.14. The first-order valence-corrected chi connectivity index (χ1v) is 8.59. The van der Waals surface area contributed by atoms with Crippen molar-refractivity contribution in [2.75, 3.05) is 0 Å². The van der Waals surface area contributed by atoms with Crippen LogP contribution in [-0.2, 0) is 9.31 Å². The van der Waals surface area contributed by atoms with E-state index in [2.05, 4.69) is 27.7 Å². The van der Waals surface area contributed by atoms with Gasteiger partial charge >= 0.3 is 7.12 Å². The van der Waals surface area contributed by atoms with Crippen molar-refractivity contribution in [3.8, 4) is 0 Å². The molecule has 20 heavy (non-hydrogen) atoms. The molecule has 2 nitrogen and oxygen atoms in total. The second kappa shape index (κ2) is 3.84. The summed E-state index contributed by atoms with van der Waals surface area (Å²) in [7, 11) is 0.0279. The Bertz CT molecular complexity index is 393. The summed E-state index contributed by atoms with van der Waals surface area (Å²) in [6.45, 7) is 8.62. The molecule has 0 N–H and O–H groups in total. The predicted octanol–water partition coefficient (Wildman–Crippen LogP) is 4.44. The fourth-order valence-corrected chi connectivity index (χ4v) is 5.52. The summed E-state index contributed by atoms with van der Waals surface area (Å²) in [5, 5.41) is 0. The van der Waals surface area contributed by atoms with E-state index < -0.39 is 0 Å². The molecule has 0 bridgehead atoms. The van der Waals surface area contributed by atoms with Gasteiger partial charge < -0.3 is 9.31 Å². The van der Waals surface area contributed by atoms with E-state index in [9.17, 15) is 0 Å². The molecule has 4 rings (SSSR count). The lowest BCUT2D eigenvalue weighted by molar-refractivity contribution is -0.159. The summed E-state index contributed by atoms with van der Waals surface area (Å²) < 4.78 is 12.3. The highest BCUT2D eigenvalue weighted by Gasteiger charge is 2.62. The average Bonchev–Trinajstić information content (AvgIpc) is 2.34. The Hall–Kier alpha value is -0.0151. The van der Waals surface area contributed by atoms with Crippen LogP contribution in [0.5, 0.6) is 0 Å². The van der Waals surface area contributed by atoms with Crippen LogP contribution in [0.4, 0.5) is 0 Å². The summed E-state index contributed by atoms with van der Waals surface area (Å²) >= 11 is 0. The van der Waals surface area contributed by atoms with E-state index in [1.807, 2.05) is 0 Å². The van der Waals surface area contributed by atoms with Crippen LogP contribution < -0.4 is 0 Å². The minimum absolute atomic E-state index is 0.0279. The van der Waals surface area contributed by atoms with Crippen LogP contribution in [0, 0.1) is 16.7 Å². The van der Waals surface area contributed by atoms with Crippen LogP contribution in [0.1, 0.15) is 72.6 Å². The highest BCUT2D eigenvalue weighted by Crippen LogP contribution is 2.72. The molecule has 1 saturated heterocycles. The van der Waals surface area contributed by atoms with Crippen LogP contribution >= 0.6 is 0 Å². The smallest absolute Gasteiger partial charge is 0.403 e. The van der Waals surface area contributed by atoms with E-state index in [1.165, 1.54) is 32.1 Å². The Morgan fingerprint density at radius 2 is 1.45 bits per heavy atom. The zero-order valence-corrected chi connectivity index (χ0v) is 13.6. The van der Waals surface area contributed by atoms with Gasteiger partial charge in [-0.1, -0.05) is 6.42 Å². The molecule has 4 fully saturated rings. The fourth-order valence-electron chi connectivity index (χ4n) is 5.52. The maximum absolute atomic E-state index is 6.14. The van der Waals surface area contributed by atoms with E-state index in [0.29, 0.717) is 0 Å². The van der Waals surface area contributed by atoms with E-state index in [1.54, 1.807) is 12.8 Å².